The van der Waals surface area contributed by atoms with Crippen molar-refractivity contribution in [2.75, 3.05) is 5.32 Å². The number of carbonyl (C=O) groups is 1. The van der Waals surface area contributed by atoms with Gasteiger partial charge in [-0.3, -0.25) is 4.98 Å². The minimum atomic E-state index is -0.240. The zero-order chi connectivity index (χ0) is 14.5. The molecule has 0 saturated carbocycles. The largest absolute Gasteiger partial charge is 0.332 e. The Kier molecular flexibility index (Phi) is 3.78. The van der Waals surface area contributed by atoms with Gasteiger partial charge >= 0.3 is 6.03 Å². The van der Waals surface area contributed by atoms with Crippen molar-refractivity contribution >= 4 is 22.6 Å². The molecule has 0 aliphatic carbocycles. The highest BCUT2D eigenvalue weighted by Gasteiger charge is 2.02. The summed E-state index contributed by atoms with van der Waals surface area (Å²) in [6.07, 6.45) is 0. The standard InChI is InChI=1S/C17H15N3O/c21-17(20-14-7-2-1-3-8-14)18-12-15-11-10-13-6-4-5-9-16(13)19-15/h1-11H,12H2,(H2,18,20,21). The third-order valence-electron chi connectivity index (χ3n) is 3.12. The second-order valence-electron chi connectivity index (χ2n) is 4.67. The Bertz CT molecular complexity index is 756. The van der Waals surface area contributed by atoms with Crippen LogP contribution in [0.2, 0.25) is 0 Å². The molecule has 0 radical (unpaired) electrons. The maximum atomic E-state index is 11.8. The van der Waals surface area contributed by atoms with E-state index in [-0.39, 0.29) is 6.03 Å². The van der Waals surface area contributed by atoms with E-state index < -0.39 is 0 Å². The molecule has 0 spiro atoms. The number of amides is 2. The van der Waals surface area contributed by atoms with Crippen molar-refractivity contribution in [3.05, 3.63) is 72.4 Å². The quantitative estimate of drug-likeness (QED) is 0.769. The first-order chi connectivity index (χ1) is 10.3. The van der Waals surface area contributed by atoms with Crippen LogP contribution in [0.4, 0.5) is 10.5 Å². The molecule has 21 heavy (non-hydrogen) atoms. The topological polar surface area (TPSA) is 54.0 Å². The molecule has 3 aromatic rings. The molecule has 104 valence electrons. The molecule has 4 nitrogen and oxygen atoms in total. The molecule has 0 fully saturated rings. The van der Waals surface area contributed by atoms with Crippen LogP contribution in [0.15, 0.2) is 66.7 Å². The number of pyridine rings is 1. The molecule has 0 atom stereocenters. The number of urea groups is 1. The number of nitrogens with zero attached hydrogens (tertiary/aromatic N) is 1. The van der Waals surface area contributed by atoms with Crippen molar-refractivity contribution in [3.8, 4) is 0 Å². The number of aromatic nitrogens is 1. The van der Waals surface area contributed by atoms with E-state index in [1.54, 1.807) is 0 Å². The van der Waals surface area contributed by atoms with Gasteiger partial charge in [0.1, 0.15) is 0 Å². The van der Waals surface area contributed by atoms with Gasteiger partial charge in [-0.05, 0) is 24.3 Å². The maximum absolute atomic E-state index is 11.8. The summed E-state index contributed by atoms with van der Waals surface area (Å²) in [7, 11) is 0. The number of hydrogen-bond donors (Lipinski definition) is 2. The zero-order valence-electron chi connectivity index (χ0n) is 11.4. The van der Waals surface area contributed by atoms with Crippen LogP contribution in [0, 0.1) is 0 Å². The first kappa shape index (κ1) is 13.1. The molecule has 2 amide bonds. The fourth-order valence-electron chi connectivity index (χ4n) is 2.07. The molecule has 2 aromatic carbocycles. The molecule has 4 heteroatoms. The number of hydrogen-bond acceptors (Lipinski definition) is 2. The maximum Gasteiger partial charge on any atom is 0.319 e. The van der Waals surface area contributed by atoms with Crippen LogP contribution in [0.5, 0.6) is 0 Å². The van der Waals surface area contributed by atoms with Crippen LogP contribution in [0.3, 0.4) is 0 Å². The highest BCUT2D eigenvalue weighted by Crippen LogP contribution is 2.11. The Morgan fingerprint density at radius 1 is 0.905 bits per heavy atom. The molecule has 0 aliphatic rings. The fourth-order valence-corrected chi connectivity index (χ4v) is 2.07. The predicted molar refractivity (Wildman–Crippen MR) is 84.0 cm³/mol. The number of benzene rings is 2. The highest BCUT2D eigenvalue weighted by atomic mass is 16.2. The molecular formula is C17H15N3O. The predicted octanol–water partition coefficient (Wildman–Crippen LogP) is 3.56. The van der Waals surface area contributed by atoms with E-state index in [9.17, 15) is 4.79 Å². The van der Waals surface area contributed by atoms with Crippen LogP contribution < -0.4 is 10.6 Å². The Balaban J connectivity index is 1.62. The first-order valence-corrected chi connectivity index (χ1v) is 6.76. The zero-order valence-corrected chi connectivity index (χ0v) is 11.4. The Hall–Kier alpha value is -2.88. The van der Waals surface area contributed by atoms with Crippen molar-refractivity contribution < 1.29 is 4.79 Å². The van der Waals surface area contributed by atoms with E-state index in [2.05, 4.69) is 15.6 Å². The lowest BCUT2D eigenvalue weighted by molar-refractivity contribution is 0.251. The fraction of sp³-hybridized carbons (Fsp3) is 0.0588. The number of anilines is 1. The summed E-state index contributed by atoms with van der Waals surface area (Å²) in [6.45, 7) is 0.392. The monoisotopic (exact) mass is 277 g/mol. The van der Waals surface area contributed by atoms with Gasteiger partial charge in [0.15, 0.2) is 0 Å². The van der Waals surface area contributed by atoms with E-state index in [1.165, 1.54) is 0 Å². The Morgan fingerprint density at radius 2 is 1.67 bits per heavy atom. The minimum absolute atomic E-state index is 0.240. The van der Waals surface area contributed by atoms with E-state index in [4.69, 9.17) is 0 Å². The van der Waals surface area contributed by atoms with Gasteiger partial charge in [-0.25, -0.2) is 4.79 Å². The summed E-state index contributed by atoms with van der Waals surface area (Å²) in [5, 5.41) is 6.66. The number of fused-ring (bicyclic) bond motifs is 1. The molecule has 2 N–H and O–H groups in total. The van der Waals surface area contributed by atoms with Gasteiger partial charge in [-0.1, -0.05) is 42.5 Å². The summed E-state index contributed by atoms with van der Waals surface area (Å²) >= 11 is 0. The van der Waals surface area contributed by atoms with Gasteiger partial charge in [0.05, 0.1) is 17.8 Å². The molecule has 0 bridgehead atoms. The molecule has 1 aromatic heterocycles. The lowest BCUT2D eigenvalue weighted by Crippen LogP contribution is -2.28. The summed E-state index contributed by atoms with van der Waals surface area (Å²) in [4.78, 5) is 16.3. The van der Waals surface area contributed by atoms with Gasteiger partial charge in [-0.15, -0.1) is 0 Å². The second-order valence-corrected chi connectivity index (χ2v) is 4.67. The van der Waals surface area contributed by atoms with E-state index >= 15 is 0 Å². The average molecular weight is 277 g/mol. The van der Waals surface area contributed by atoms with Gasteiger partial charge in [0.25, 0.3) is 0 Å². The third-order valence-corrected chi connectivity index (χ3v) is 3.12. The van der Waals surface area contributed by atoms with E-state index in [0.29, 0.717) is 6.54 Å². The molecule has 0 saturated heterocycles. The van der Waals surface area contributed by atoms with Gasteiger partial charge in [0.2, 0.25) is 0 Å². The van der Waals surface area contributed by atoms with Crippen molar-refractivity contribution in [1.29, 1.82) is 0 Å². The lowest BCUT2D eigenvalue weighted by Gasteiger charge is -2.07. The lowest BCUT2D eigenvalue weighted by atomic mass is 10.2. The van der Waals surface area contributed by atoms with Gasteiger partial charge in [-0.2, -0.15) is 0 Å². The van der Waals surface area contributed by atoms with Crippen LogP contribution in [0.25, 0.3) is 10.9 Å². The summed E-state index contributed by atoms with van der Waals surface area (Å²) < 4.78 is 0. The van der Waals surface area contributed by atoms with Gasteiger partial charge < -0.3 is 10.6 Å². The number of nitrogens with one attached hydrogen (secondary N) is 2. The van der Waals surface area contributed by atoms with Crippen molar-refractivity contribution in [1.82, 2.24) is 10.3 Å². The highest BCUT2D eigenvalue weighted by molar-refractivity contribution is 5.89. The summed E-state index contributed by atoms with van der Waals surface area (Å²) in [5.74, 6) is 0. The smallest absolute Gasteiger partial charge is 0.319 e. The SMILES string of the molecule is O=C(NCc1ccc2ccccc2n1)Nc1ccccc1. The van der Waals surface area contributed by atoms with Crippen molar-refractivity contribution in [3.63, 3.8) is 0 Å². The van der Waals surface area contributed by atoms with Crippen LogP contribution in [-0.4, -0.2) is 11.0 Å². The third kappa shape index (κ3) is 3.36. The Morgan fingerprint density at radius 3 is 2.52 bits per heavy atom. The molecular weight excluding hydrogens is 262 g/mol. The first-order valence-electron chi connectivity index (χ1n) is 6.76. The van der Waals surface area contributed by atoms with Crippen LogP contribution in [0.1, 0.15) is 5.69 Å². The van der Waals surface area contributed by atoms with Crippen LogP contribution in [-0.2, 0) is 6.54 Å². The van der Waals surface area contributed by atoms with E-state index in [0.717, 1.165) is 22.3 Å². The number of carbonyl (C=O) groups excluding carboxylic acids is 1. The summed E-state index contributed by atoms with van der Waals surface area (Å²) in [5.41, 5.74) is 2.53. The van der Waals surface area contributed by atoms with Crippen LogP contribution >= 0.6 is 0 Å². The average Bonchev–Trinajstić information content (AvgIpc) is 2.54. The number of rotatable bonds is 3. The molecule has 0 aliphatic heterocycles. The molecule has 0 unspecified atom stereocenters. The minimum Gasteiger partial charge on any atom is -0.332 e. The summed E-state index contributed by atoms with van der Waals surface area (Å²) in [6, 6.07) is 20.9. The number of para-hydroxylation sites is 2. The molecule has 1 heterocycles. The van der Waals surface area contributed by atoms with Crippen molar-refractivity contribution in [2.24, 2.45) is 0 Å². The van der Waals surface area contributed by atoms with Crippen molar-refractivity contribution in [2.45, 2.75) is 6.54 Å². The Labute approximate surface area is 122 Å². The second kappa shape index (κ2) is 6.05. The van der Waals surface area contributed by atoms with E-state index in [1.807, 2.05) is 66.7 Å². The normalized spacial score (nSPS) is 10.3. The molecule has 3 rings (SSSR count). The van der Waals surface area contributed by atoms with Gasteiger partial charge in [0, 0.05) is 11.1 Å².